The van der Waals surface area contributed by atoms with Gasteiger partial charge in [-0.3, -0.25) is 19.8 Å². The minimum Gasteiger partial charge on any atom is -0.465 e. The van der Waals surface area contributed by atoms with E-state index in [9.17, 15) is 14.4 Å². The van der Waals surface area contributed by atoms with Crippen molar-refractivity contribution in [1.82, 2.24) is 9.88 Å². The van der Waals surface area contributed by atoms with E-state index in [1.807, 2.05) is 37.5 Å². The molecule has 7 nitrogen and oxygen atoms in total. The van der Waals surface area contributed by atoms with Crippen molar-refractivity contribution in [2.24, 2.45) is 0 Å². The van der Waals surface area contributed by atoms with Crippen LogP contribution >= 0.6 is 28.1 Å². The number of aryl methyl sites for hydroxylation is 2. The van der Waals surface area contributed by atoms with Crippen LogP contribution in [0.4, 0.5) is 5.69 Å². The van der Waals surface area contributed by atoms with E-state index in [4.69, 9.17) is 17.0 Å². The van der Waals surface area contributed by atoms with Gasteiger partial charge in [0.05, 0.1) is 18.4 Å². The summed E-state index contributed by atoms with van der Waals surface area (Å²) in [5.74, 6) is -1.44. The number of carbonyl (C=O) groups is 3. The molecule has 1 aromatic heterocycles. The molecule has 0 saturated carbocycles. The van der Waals surface area contributed by atoms with Gasteiger partial charge in [-0.05, 0) is 98.7 Å². The number of nitrogens with zero attached hydrogens (tertiary/aromatic N) is 2. The van der Waals surface area contributed by atoms with Gasteiger partial charge in [0.2, 0.25) is 0 Å². The Morgan fingerprint density at radius 3 is 2.37 bits per heavy atom. The smallest absolute Gasteiger partial charge is 0.337 e. The van der Waals surface area contributed by atoms with Crippen molar-refractivity contribution >= 4 is 62.8 Å². The SMILES string of the molecule is COC(=O)c1ccc(-n2c(C)cc(C=C3C(=O)NC(=S)N(c4ccc(Br)cc4)C3=O)c2C)c(C)c1. The third-order valence-corrected chi connectivity index (χ3v) is 6.63. The molecule has 35 heavy (non-hydrogen) atoms. The molecular weight excluding hydrogens is 530 g/mol. The number of esters is 1. The molecule has 2 amide bonds. The normalized spacial score (nSPS) is 14.9. The van der Waals surface area contributed by atoms with Crippen molar-refractivity contribution < 1.29 is 19.1 Å². The van der Waals surface area contributed by atoms with E-state index in [1.54, 1.807) is 42.5 Å². The number of hydrogen-bond acceptors (Lipinski definition) is 5. The highest BCUT2D eigenvalue weighted by atomic mass is 79.9. The summed E-state index contributed by atoms with van der Waals surface area (Å²) in [5.41, 5.74) is 5.25. The van der Waals surface area contributed by atoms with E-state index in [2.05, 4.69) is 21.2 Å². The summed E-state index contributed by atoms with van der Waals surface area (Å²) in [6.45, 7) is 5.76. The largest absolute Gasteiger partial charge is 0.465 e. The van der Waals surface area contributed by atoms with Gasteiger partial charge in [0.15, 0.2) is 5.11 Å². The van der Waals surface area contributed by atoms with Crippen molar-refractivity contribution in [2.45, 2.75) is 20.8 Å². The lowest BCUT2D eigenvalue weighted by Crippen LogP contribution is -2.54. The number of carbonyl (C=O) groups excluding carboxylic acids is 3. The summed E-state index contributed by atoms with van der Waals surface area (Å²) < 4.78 is 7.69. The number of methoxy groups -OCH3 is 1. The van der Waals surface area contributed by atoms with Crippen LogP contribution in [0.2, 0.25) is 0 Å². The molecule has 2 heterocycles. The van der Waals surface area contributed by atoms with Gasteiger partial charge in [0.1, 0.15) is 5.57 Å². The van der Waals surface area contributed by atoms with Crippen LogP contribution in [0.3, 0.4) is 0 Å². The number of hydrogen-bond donors (Lipinski definition) is 1. The Morgan fingerprint density at radius 2 is 1.74 bits per heavy atom. The lowest BCUT2D eigenvalue weighted by Gasteiger charge is -2.29. The Bertz CT molecular complexity index is 1420. The molecule has 0 unspecified atom stereocenters. The third-order valence-electron chi connectivity index (χ3n) is 5.82. The molecule has 178 valence electrons. The maximum Gasteiger partial charge on any atom is 0.337 e. The molecule has 1 aliphatic heterocycles. The number of nitrogens with one attached hydrogen (secondary N) is 1. The first-order valence-electron chi connectivity index (χ1n) is 10.7. The van der Waals surface area contributed by atoms with Crippen molar-refractivity contribution in [3.63, 3.8) is 0 Å². The number of anilines is 1. The van der Waals surface area contributed by atoms with E-state index < -0.39 is 17.8 Å². The average Bonchev–Trinajstić information content (AvgIpc) is 3.09. The van der Waals surface area contributed by atoms with Crippen LogP contribution in [0.25, 0.3) is 11.8 Å². The molecule has 1 saturated heterocycles. The van der Waals surface area contributed by atoms with Crippen LogP contribution in [0, 0.1) is 20.8 Å². The van der Waals surface area contributed by atoms with Crippen molar-refractivity contribution in [1.29, 1.82) is 0 Å². The zero-order valence-corrected chi connectivity index (χ0v) is 21.9. The topological polar surface area (TPSA) is 80.6 Å². The van der Waals surface area contributed by atoms with Crippen molar-refractivity contribution in [3.05, 3.63) is 86.7 Å². The average molecular weight is 552 g/mol. The van der Waals surface area contributed by atoms with E-state index in [0.717, 1.165) is 32.7 Å². The summed E-state index contributed by atoms with van der Waals surface area (Å²) in [6, 6.07) is 14.3. The fourth-order valence-electron chi connectivity index (χ4n) is 4.09. The molecule has 3 aromatic rings. The molecule has 9 heteroatoms. The Hall–Kier alpha value is -3.56. The fraction of sp³-hybridized carbons (Fsp3) is 0.154. The van der Waals surface area contributed by atoms with E-state index >= 15 is 0 Å². The number of amides is 2. The van der Waals surface area contributed by atoms with E-state index in [1.165, 1.54) is 12.0 Å². The van der Waals surface area contributed by atoms with Gasteiger partial charge in [-0.25, -0.2) is 4.79 Å². The number of ether oxygens (including phenoxy) is 1. The first-order chi connectivity index (χ1) is 16.6. The highest BCUT2D eigenvalue weighted by molar-refractivity contribution is 9.10. The summed E-state index contributed by atoms with van der Waals surface area (Å²) in [6.07, 6.45) is 1.59. The van der Waals surface area contributed by atoms with Gasteiger partial charge in [-0.2, -0.15) is 0 Å². The zero-order valence-electron chi connectivity index (χ0n) is 19.5. The van der Waals surface area contributed by atoms with Crippen molar-refractivity contribution in [3.8, 4) is 5.69 Å². The molecule has 1 aliphatic rings. The second-order valence-electron chi connectivity index (χ2n) is 8.09. The lowest BCUT2D eigenvalue weighted by atomic mass is 10.1. The van der Waals surface area contributed by atoms with Gasteiger partial charge in [-0.1, -0.05) is 15.9 Å². The van der Waals surface area contributed by atoms with Crippen LogP contribution < -0.4 is 10.2 Å². The van der Waals surface area contributed by atoms with Crippen LogP contribution in [0.1, 0.15) is 32.9 Å². The molecule has 0 atom stereocenters. The fourth-order valence-corrected chi connectivity index (χ4v) is 4.64. The molecule has 1 N–H and O–H groups in total. The van der Waals surface area contributed by atoms with Gasteiger partial charge in [0, 0.05) is 21.5 Å². The quantitative estimate of drug-likeness (QED) is 0.218. The molecular formula is C26H22BrN3O4S. The van der Waals surface area contributed by atoms with Gasteiger partial charge < -0.3 is 9.30 Å². The van der Waals surface area contributed by atoms with Gasteiger partial charge in [0.25, 0.3) is 11.8 Å². The zero-order chi connectivity index (χ0) is 25.4. The predicted octanol–water partition coefficient (Wildman–Crippen LogP) is 4.78. The molecule has 0 aliphatic carbocycles. The Morgan fingerprint density at radius 1 is 1.06 bits per heavy atom. The minimum absolute atomic E-state index is 0.0143. The van der Waals surface area contributed by atoms with Gasteiger partial charge in [-0.15, -0.1) is 0 Å². The summed E-state index contributed by atoms with van der Waals surface area (Å²) in [7, 11) is 1.35. The Balaban J connectivity index is 1.75. The summed E-state index contributed by atoms with van der Waals surface area (Å²) >= 11 is 8.66. The molecule has 2 aromatic carbocycles. The van der Waals surface area contributed by atoms with E-state index in [-0.39, 0.29) is 10.7 Å². The monoisotopic (exact) mass is 551 g/mol. The van der Waals surface area contributed by atoms with Crippen LogP contribution in [0.5, 0.6) is 0 Å². The van der Waals surface area contributed by atoms with E-state index in [0.29, 0.717) is 11.3 Å². The second kappa shape index (κ2) is 9.59. The Kier molecular flexibility index (Phi) is 6.73. The highest BCUT2D eigenvalue weighted by Crippen LogP contribution is 2.28. The summed E-state index contributed by atoms with van der Waals surface area (Å²) in [5, 5.41) is 2.65. The van der Waals surface area contributed by atoms with Gasteiger partial charge >= 0.3 is 5.97 Å². The highest BCUT2D eigenvalue weighted by Gasteiger charge is 2.34. The van der Waals surface area contributed by atoms with Crippen LogP contribution in [0.15, 0.2) is 58.6 Å². The molecule has 0 bridgehead atoms. The lowest BCUT2D eigenvalue weighted by molar-refractivity contribution is -0.122. The maximum atomic E-state index is 13.3. The molecule has 1 fully saturated rings. The van der Waals surface area contributed by atoms with Crippen LogP contribution in [-0.2, 0) is 14.3 Å². The second-order valence-corrected chi connectivity index (χ2v) is 9.39. The van der Waals surface area contributed by atoms with Crippen LogP contribution in [-0.4, -0.2) is 34.6 Å². The minimum atomic E-state index is -0.545. The van der Waals surface area contributed by atoms with Crippen molar-refractivity contribution in [2.75, 3.05) is 12.0 Å². The Labute approximate surface area is 216 Å². The first-order valence-corrected chi connectivity index (χ1v) is 11.9. The standard InChI is InChI=1S/C26H22BrN3O4S/c1-14-11-17(25(33)34-4)5-10-22(14)29-15(2)12-18(16(29)3)13-21-23(31)28-26(35)30(24(21)32)20-8-6-19(27)7-9-20/h5-13H,1-4H3,(H,28,31,35). The molecule has 0 radical (unpaired) electrons. The number of thiocarbonyl (C=S) groups is 1. The predicted molar refractivity (Wildman–Crippen MR) is 142 cm³/mol. The number of rotatable bonds is 4. The number of benzene rings is 2. The number of halogens is 1. The molecule has 4 rings (SSSR count). The summed E-state index contributed by atoms with van der Waals surface area (Å²) in [4.78, 5) is 39.3. The molecule has 0 spiro atoms. The first kappa shape index (κ1) is 24.6. The third kappa shape index (κ3) is 4.56. The maximum absolute atomic E-state index is 13.3. The number of aromatic nitrogens is 1.